The molecule has 1 fully saturated rings. The molecule has 1 aromatic rings. The first-order valence-electron chi connectivity index (χ1n) is 6.62. The van der Waals surface area contributed by atoms with E-state index in [1.54, 1.807) is 0 Å². The summed E-state index contributed by atoms with van der Waals surface area (Å²) in [4.78, 5) is 2.30. The number of hydrogen-bond acceptors (Lipinski definition) is 2. The average Bonchev–Trinajstić information content (AvgIpc) is 2.83. The zero-order valence-electron chi connectivity index (χ0n) is 10.8. The van der Waals surface area contributed by atoms with Crippen LogP contribution in [-0.4, -0.2) is 32.4 Å². The Kier molecular flexibility index (Phi) is 4.69. The molecule has 0 aliphatic carbocycles. The van der Waals surface area contributed by atoms with Crippen LogP contribution in [0.4, 0.5) is 18.9 Å². The molecule has 0 spiro atoms. The van der Waals surface area contributed by atoms with Gasteiger partial charge < -0.3 is 10.2 Å². The molecule has 0 saturated carbocycles. The van der Waals surface area contributed by atoms with E-state index < -0.39 is 12.7 Å². The highest BCUT2D eigenvalue weighted by Gasteiger charge is 2.27. The maximum absolute atomic E-state index is 12.0. The topological polar surface area (TPSA) is 15.3 Å². The molecule has 0 aromatic heterocycles. The summed E-state index contributed by atoms with van der Waals surface area (Å²) in [5.41, 5.74) is 1.20. The average molecular weight is 272 g/mol. The molecular weight excluding hydrogens is 253 g/mol. The van der Waals surface area contributed by atoms with Crippen molar-refractivity contribution in [3.8, 4) is 0 Å². The van der Waals surface area contributed by atoms with Gasteiger partial charge in [-0.1, -0.05) is 18.2 Å². The van der Waals surface area contributed by atoms with Gasteiger partial charge >= 0.3 is 6.18 Å². The minimum Gasteiger partial charge on any atom is -0.371 e. The molecule has 1 saturated heterocycles. The zero-order valence-corrected chi connectivity index (χ0v) is 10.8. The lowest BCUT2D eigenvalue weighted by Crippen LogP contribution is -2.30. The van der Waals surface area contributed by atoms with Crippen LogP contribution in [0.3, 0.4) is 0 Å². The molecule has 1 aromatic carbocycles. The van der Waals surface area contributed by atoms with Crippen molar-refractivity contribution >= 4 is 5.69 Å². The van der Waals surface area contributed by atoms with Crippen molar-refractivity contribution in [3.63, 3.8) is 0 Å². The standard InChI is InChI=1S/C14H19F3N2/c15-14(16,17)11-18-8-6-12-7-9-19(10-12)13-4-2-1-3-5-13/h1-5,12,18H,6-11H2. The summed E-state index contributed by atoms with van der Waals surface area (Å²) in [6, 6.07) is 10.1. The minimum absolute atomic E-state index is 0.437. The Labute approximate surface area is 111 Å². The molecular formula is C14H19F3N2. The molecule has 106 valence electrons. The molecule has 2 rings (SSSR count). The van der Waals surface area contributed by atoms with Gasteiger partial charge in [-0.15, -0.1) is 0 Å². The summed E-state index contributed by atoms with van der Waals surface area (Å²) in [6.07, 6.45) is -2.24. The first kappa shape index (κ1) is 14.2. The maximum Gasteiger partial charge on any atom is 0.401 e. The van der Waals surface area contributed by atoms with Crippen molar-refractivity contribution in [2.75, 3.05) is 31.1 Å². The number of nitrogens with zero attached hydrogens (tertiary/aromatic N) is 1. The van der Waals surface area contributed by atoms with Crippen molar-refractivity contribution in [3.05, 3.63) is 30.3 Å². The molecule has 1 aliphatic rings. The summed E-state index contributed by atoms with van der Waals surface area (Å²) >= 11 is 0. The summed E-state index contributed by atoms with van der Waals surface area (Å²) < 4.78 is 35.9. The van der Waals surface area contributed by atoms with E-state index in [-0.39, 0.29) is 0 Å². The second-order valence-corrected chi connectivity index (χ2v) is 5.02. The Morgan fingerprint density at radius 2 is 1.95 bits per heavy atom. The summed E-state index contributed by atoms with van der Waals surface area (Å²) in [5, 5.41) is 2.46. The van der Waals surface area contributed by atoms with Gasteiger partial charge in [-0.2, -0.15) is 13.2 Å². The summed E-state index contributed by atoms with van der Waals surface area (Å²) in [6.45, 7) is 1.49. The van der Waals surface area contributed by atoms with Crippen LogP contribution in [0.2, 0.25) is 0 Å². The van der Waals surface area contributed by atoms with Gasteiger partial charge in [0.15, 0.2) is 0 Å². The highest BCUT2D eigenvalue weighted by atomic mass is 19.4. The van der Waals surface area contributed by atoms with Gasteiger partial charge in [0, 0.05) is 18.8 Å². The molecule has 19 heavy (non-hydrogen) atoms. The van der Waals surface area contributed by atoms with Gasteiger partial charge in [-0.3, -0.25) is 0 Å². The number of benzene rings is 1. The van der Waals surface area contributed by atoms with Crippen molar-refractivity contribution in [2.45, 2.75) is 19.0 Å². The molecule has 5 heteroatoms. The van der Waals surface area contributed by atoms with Crippen LogP contribution in [0.25, 0.3) is 0 Å². The monoisotopic (exact) mass is 272 g/mol. The predicted octanol–water partition coefficient (Wildman–Crippen LogP) is 3.05. The lowest BCUT2D eigenvalue weighted by atomic mass is 10.1. The third-order valence-electron chi connectivity index (χ3n) is 3.46. The van der Waals surface area contributed by atoms with Crippen molar-refractivity contribution < 1.29 is 13.2 Å². The van der Waals surface area contributed by atoms with Gasteiger partial charge in [0.2, 0.25) is 0 Å². The highest BCUT2D eigenvalue weighted by molar-refractivity contribution is 5.46. The number of alkyl halides is 3. The van der Waals surface area contributed by atoms with Gasteiger partial charge in [-0.05, 0) is 37.4 Å². The number of halogens is 3. The van der Waals surface area contributed by atoms with Gasteiger partial charge in [-0.25, -0.2) is 0 Å². The lowest BCUT2D eigenvalue weighted by Gasteiger charge is -2.18. The van der Waals surface area contributed by atoms with Crippen molar-refractivity contribution in [1.29, 1.82) is 0 Å². The van der Waals surface area contributed by atoms with E-state index in [4.69, 9.17) is 0 Å². The second-order valence-electron chi connectivity index (χ2n) is 5.02. The van der Waals surface area contributed by atoms with Crippen LogP contribution >= 0.6 is 0 Å². The van der Waals surface area contributed by atoms with Crippen LogP contribution in [0.1, 0.15) is 12.8 Å². The lowest BCUT2D eigenvalue weighted by molar-refractivity contribution is -0.124. The summed E-state index contributed by atoms with van der Waals surface area (Å²) in [7, 11) is 0. The van der Waals surface area contributed by atoms with Gasteiger partial charge in [0.1, 0.15) is 0 Å². The van der Waals surface area contributed by atoms with Gasteiger partial charge in [0.25, 0.3) is 0 Å². The number of anilines is 1. The quantitative estimate of drug-likeness (QED) is 0.829. The van der Waals surface area contributed by atoms with Crippen LogP contribution in [-0.2, 0) is 0 Å². The normalized spacial score (nSPS) is 19.9. The fourth-order valence-corrected chi connectivity index (χ4v) is 2.48. The molecule has 1 aliphatic heterocycles. The van der Waals surface area contributed by atoms with E-state index in [1.807, 2.05) is 18.2 Å². The molecule has 1 atom stereocenters. The van der Waals surface area contributed by atoms with E-state index in [0.29, 0.717) is 12.5 Å². The number of para-hydroxylation sites is 1. The molecule has 1 heterocycles. The fourth-order valence-electron chi connectivity index (χ4n) is 2.48. The van der Waals surface area contributed by atoms with E-state index in [1.165, 1.54) is 5.69 Å². The number of rotatable bonds is 5. The Hall–Kier alpha value is -1.23. The van der Waals surface area contributed by atoms with Crippen LogP contribution in [0.15, 0.2) is 30.3 Å². The Balaban J connectivity index is 1.68. The zero-order chi connectivity index (χ0) is 13.7. The summed E-state index contributed by atoms with van der Waals surface area (Å²) in [5.74, 6) is 0.487. The van der Waals surface area contributed by atoms with E-state index in [2.05, 4.69) is 22.3 Å². The van der Waals surface area contributed by atoms with E-state index in [9.17, 15) is 13.2 Å². The molecule has 2 nitrogen and oxygen atoms in total. The molecule has 0 bridgehead atoms. The molecule has 1 N–H and O–H groups in total. The second kappa shape index (κ2) is 6.28. The predicted molar refractivity (Wildman–Crippen MR) is 70.3 cm³/mol. The fraction of sp³-hybridized carbons (Fsp3) is 0.571. The first-order chi connectivity index (χ1) is 9.04. The Bertz CT molecular complexity index is 378. The largest absolute Gasteiger partial charge is 0.401 e. The van der Waals surface area contributed by atoms with Crippen molar-refractivity contribution in [1.82, 2.24) is 5.32 Å². The van der Waals surface area contributed by atoms with Crippen LogP contribution in [0.5, 0.6) is 0 Å². The van der Waals surface area contributed by atoms with E-state index >= 15 is 0 Å². The SMILES string of the molecule is FC(F)(F)CNCCC1CCN(c2ccccc2)C1. The number of nitrogens with one attached hydrogen (secondary N) is 1. The minimum atomic E-state index is -4.11. The smallest absolute Gasteiger partial charge is 0.371 e. The van der Waals surface area contributed by atoms with Crippen molar-refractivity contribution in [2.24, 2.45) is 5.92 Å². The van der Waals surface area contributed by atoms with E-state index in [0.717, 1.165) is 25.9 Å². The first-order valence-corrected chi connectivity index (χ1v) is 6.62. The maximum atomic E-state index is 12.0. The van der Waals surface area contributed by atoms with Crippen LogP contribution in [0, 0.1) is 5.92 Å². The molecule has 0 radical (unpaired) electrons. The third kappa shape index (κ3) is 4.74. The van der Waals surface area contributed by atoms with Gasteiger partial charge in [0.05, 0.1) is 6.54 Å². The third-order valence-corrected chi connectivity index (χ3v) is 3.46. The Morgan fingerprint density at radius 1 is 1.21 bits per heavy atom. The molecule has 1 unspecified atom stereocenters. The number of hydrogen-bond donors (Lipinski definition) is 1. The van der Waals surface area contributed by atoms with Crippen LogP contribution < -0.4 is 10.2 Å². The molecule has 0 amide bonds. The Morgan fingerprint density at radius 3 is 2.63 bits per heavy atom. The highest BCUT2D eigenvalue weighted by Crippen LogP contribution is 2.25.